The number of aliphatic hydroxyl groups excluding tert-OH is 11. The van der Waals surface area contributed by atoms with E-state index in [4.69, 9.17) is 28.4 Å². The van der Waals surface area contributed by atoms with Crippen LogP contribution in [0.5, 0.6) is 0 Å². The maximum Gasteiger partial charge on any atom is 0.220 e. The summed E-state index contributed by atoms with van der Waals surface area (Å²) in [5.41, 5.74) is 0. The minimum Gasteiger partial charge on any atom is -0.394 e. The van der Waals surface area contributed by atoms with Crippen LogP contribution in [0.4, 0.5) is 0 Å². The Balaban J connectivity index is 1.34. The van der Waals surface area contributed by atoms with Crippen molar-refractivity contribution in [2.75, 3.05) is 26.4 Å². The molecule has 17 unspecified atom stereocenters. The number of ether oxygens (including phenoxy) is 6. The Morgan fingerprint density at radius 1 is 0.440 bits per heavy atom. The molecule has 3 saturated heterocycles. The van der Waals surface area contributed by atoms with Gasteiger partial charge < -0.3 is 89.9 Å². The van der Waals surface area contributed by atoms with Crippen molar-refractivity contribution in [2.45, 2.75) is 317 Å². The molecule has 3 fully saturated rings. The molecule has 3 rings (SSSR count). The Morgan fingerprint density at radius 2 is 0.821 bits per heavy atom. The highest BCUT2D eigenvalue weighted by atomic mass is 16.8. The van der Waals surface area contributed by atoms with Crippen LogP contribution < -0.4 is 5.32 Å². The number of unbranched alkanes of at least 4 members (excludes halogenated alkanes) is 22. The molecule has 19 heteroatoms. The number of carbonyl (C=O) groups is 1. The average Bonchev–Trinajstić information content (AvgIpc) is 2.91. The molecule has 0 bridgehead atoms. The summed E-state index contributed by atoms with van der Waals surface area (Å²) >= 11 is 0. The number of allylic oxidation sites excluding steroid dienone is 10. The lowest BCUT2D eigenvalue weighted by molar-refractivity contribution is -0.379. The molecule has 0 aromatic heterocycles. The summed E-state index contributed by atoms with van der Waals surface area (Å²) in [6.07, 6.45) is 29.2. The van der Waals surface area contributed by atoms with Crippen LogP contribution in [0.3, 0.4) is 0 Å². The molecule has 0 aliphatic carbocycles. The van der Waals surface area contributed by atoms with E-state index in [1.165, 1.54) is 96.3 Å². The summed E-state index contributed by atoms with van der Waals surface area (Å²) in [5.74, 6) is -0.248. The van der Waals surface area contributed by atoms with Crippen molar-refractivity contribution in [3.63, 3.8) is 0 Å². The second-order valence-corrected chi connectivity index (χ2v) is 23.2. The monoisotopic (exact) mass is 1200 g/mol. The van der Waals surface area contributed by atoms with Crippen molar-refractivity contribution in [1.82, 2.24) is 5.32 Å². The van der Waals surface area contributed by atoms with Crippen LogP contribution in [-0.2, 0) is 33.2 Å². The molecule has 84 heavy (non-hydrogen) atoms. The van der Waals surface area contributed by atoms with Gasteiger partial charge in [-0.3, -0.25) is 4.79 Å². The van der Waals surface area contributed by atoms with Gasteiger partial charge in [-0.2, -0.15) is 0 Å². The van der Waals surface area contributed by atoms with Crippen molar-refractivity contribution in [2.24, 2.45) is 0 Å². The van der Waals surface area contributed by atoms with Crippen molar-refractivity contribution >= 4 is 5.91 Å². The smallest absolute Gasteiger partial charge is 0.220 e. The molecule has 19 nitrogen and oxygen atoms in total. The third-order valence-electron chi connectivity index (χ3n) is 16.1. The topological polar surface area (TPSA) is 307 Å². The van der Waals surface area contributed by atoms with Crippen LogP contribution in [0.25, 0.3) is 0 Å². The Labute approximate surface area is 503 Å². The molecule has 3 heterocycles. The van der Waals surface area contributed by atoms with Gasteiger partial charge in [-0.05, 0) is 57.8 Å². The molecular weight excluding hydrogens is 1080 g/mol. The molecule has 12 N–H and O–H groups in total. The Hall–Kier alpha value is -2.51. The minimum absolute atomic E-state index is 0.248. The molecule has 3 aliphatic rings. The second kappa shape index (κ2) is 47.5. The lowest BCUT2D eigenvalue weighted by Crippen LogP contribution is -2.66. The average molecular weight is 1200 g/mol. The van der Waals surface area contributed by atoms with Gasteiger partial charge in [-0.1, -0.05) is 209 Å². The lowest BCUT2D eigenvalue weighted by atomic mass is 9.96. The van der Waals surface area contributed by atoms with E-state index in [2.05, 4.69) is 79.9 Å². The first-order chi connectivity index (χ1) is 40.8. The highest BCUT2D eigenvalue weighted by Gasteiger charge is 2.53. The van der Waals surface area contributed by atoms with Crippen LogP contribution >= 0.6 is 0 Å². The van der Waals surface area contributed by atoms with Gasteiger partial charge >= 0.3 is 0 Å². The Bertz CT molecular complexity index is 1770. The molecule has 0 saturated carbocycles. The van der Waals surface area contributed by atoms with E-state index in [1.807, 2.05) is 0 Å². The summed E-state index contributed by atoms with van der Waals surface area (Å²) < 4.78 is 34.3. The third-order valence-corrected chi connectivity index (χ3v) is 16.1. The highest BCUT2D eigenvalue weighted by Crippen LogP contribution is 2.33. The van der Waals surface area contributed by atoms with E-state index in [0.717, 1.165) is 83.5 Å². The van der Waals surface area contributed by atoms with Gasteiger partial charge in [0.2, 0.25) is 5.91 Å². The van der Waals surface area contributed by atoms with Gasteiger partial charge in [-0.15, -0.1) is 0 Å². The van der Waals surface area contributed by atoms with E-state index in [-0.39, 0.29) is 18.9 Å². The molecule has 0 aromatic carbocycles. The number of nitrogens with one attached hydrogen (secondary N) is 1. The minimum atomic E-state index is -1.97. The van der Waals surface area contributed by atoms with Crippen LogP contribution in [0, 0.1) is 0 Å². The van der Waals surface area contributed by atoms with Gasteiger partial charge in [0.25, 0.3) is 0 Å². The molecule has 0 radical (unpaired) electrons. The van der Waals surface area contributed by atoms with E-state index in [0.29, 0.717) is 12.8 Å². The van der Waals surface area contributed by atoms with E-state index < -0.39 is 124 Å². The van der Waals surface area contributed by atoms with Gasteiger partial charge in [0.15, 0.2) is 18.9 Å². The first-order valence-corrected chi connectivity index (χ1v) is 32.5. The first-order valence-electron chi connectivity index (χ1n) is 32.5. The van der Waals surface area contributed by atoms with Crippen molar-refractivity contribution < 1.29 is 89.4 Å². The maximum atomic E-state index is 13.3. The molecule has 488 valence electrons. The van der Waals surface area contributed by atoms with E-state index in [9.17, 15) is 61.0 Å². The third kappa shape index (κ3) is 30.1. The summed E-state index contributed by atoms with van der Waals surface area (Å²) in [6.45, 7) is 1.62. The summed E-state index contributed by atoms with van der Waals surface area (Å²) in [4.78, 5) is 13.3. The van der Waals surface area contributed by atoms with Gasteiger partial charge in [0.05, 0.1) is 38.6 Å². The van der Waals surface area contributed by atoms with Gasteiger partial charge in [0.1, 0.15) is 73.2 Å². The van der Waals surface area contributed by atoms with Gasteiger partial charge in [-0.25, -0.2) is 0 Å². The standard InChI is InChI=1S/C65H115NO18/c1-3-5-7-9-11-13-14-15-16-17-18-19-20-21-22-23-24-25-26-27-28-29-30-31-32-33-34-35-37-39-41-43-53(71)66-48(49(70)42-40-38-36-12-10-8-6-4-2)47-79-63-59(77)56(74)61(51(45-68)81-63)84-65-60(78)57(75)62(52(46-69)82-65)83-64-58(76)55(73)54(72)50(44-67)80-64/h5,7,11,13,15-16,18-19,21-22,48-52,54-65,67-70,72-78H,3-4,6,8-10,12,14,17,20,23-47H2,1-2H3,(H,66,71)/b7-5-,13-11-,16-15-,19-18-,22-21-. The molecule has 0 aromatic rings. The van der Waals surface area contributed by atoms with Crippen LogP contribution in [0.1, 0.15) is 213 Å². The number of aliphatic hydroxyl groups is 11. The normalized spacial score (nSPS) is 29.6. The lowest BCUT2D eigenvalue weighted by Gasteiger charge is -2.48. The van der Waals surface area contributed by atoms with E-state index in [1.54, 1.807) is 0 Å². The predicted octanol–water partition coefficient (Wildman–Crippen LogP) is 7.21. The van der Waals surface area contributed by atoms with Crippen LogP contribution in [0.15, 0.2) is 60.8 Å². The number of hydrogen-bond donors (Lipinski definition) is 12. The zero-order valence-electron chi connectivity index (χ0n) is 51.1. The molecule has 3 aliphatic heterocycles. The SMILES string of the molecule is CC/C=C\C/C=C\C/C=C\C/C=C\C/C=C\CCCCCCCCCCCCCCCCCC(=O)NC(COC1OC(CO)C(OC2OC(CO)C(OC3OC(CO)C(O)C(O)C3O)C(O)C2O)C(O)C1O)C(O)CCCCCCCCCC. The fraction of sp³-hybridized carbons (Fsp3) is 0.831. The zero-order chi connectivity index (χ0) is 61.2. The summed E-state index contributed by atoms with van der Waals surface area (Å²) in [5, 5.41) is 120. The zero-order valence-corrected chi connectivity index (χ0v) is 51.1. The second-order valence-electron chi connectivity index (χ2n) is 23.2. The fourth-order valence-electron chi connectivity index (χ4n) is 10.8. The molecule has 1 amide bonds. The van der Waals surface area contributed by atoms with Crippen molar-refractivity contribution in [3.8, 4) is 0 Å². The largest absolute Gasteiger partial charge is 0.394 e. The molecule has 17 atom stereocenters. The number of carbonyl (C=O) groups excluding carboxylic acids is 1. The first kappa shape index (κ1) is 75.7. The number of amides is 1. The van der Waals surface area contributed by atoms with E-state index >= 15 is 0 Å². The summed E-state index contributed by atoms with van der Waals surface area (Å²) in [6, 6.07) is -0.886. The summed E-state index contributed by atoms with van der Waals surface area (Å²) in [7, 11) is 0. The van der Waals surface area contributed by atoms with Gasteiger partial charge in [0, 0.05) is 6.42 Å². The van der Waals surface area contributed by atoms with Crippen LogP contribution in [-0.4, -0.2) is 193 Å². The Morgan fingerprint density at radius 3 is 1.29 bits per heavy atom. The quantitative estimate of drug-likeness (QED) is 0.0211. The number of hydrogen-bond acceptors (Lipinski definition) is 18. The van der Waals surface area contributed by atoms with Crippen LogP contribution in [0.2, 0.25) is 0 Å². The fourth-order valence-corrected chi connectivity index (χ4v) is 10.8. The Kier molecular flexibility index (Phi) is 42.8. The molecular formula is C65H115NO18. The van der Waals surface area contributed by atoms with Crippen molar-refractivity contribution in [1.29, 1.82) is 0 Å². The predicted molar refractivity (Wildman–Crippen MR) is 323 cm³/mol. The molecule has 0 spiro atoms. The van der Waals surface area contributed by atoms with Crippen molar-refractivity contribution in [3.05, 3.63) is 60.8 Å². The maximum absolute atomic E-state index is 13.3. The highest BCUT2D eigenvalue weighted by molar-refractivity contribution is 5.76. The number of rotatable bonds is 48.